The van der Waals surface area contributed by atoms with E-state index in [0.29, 0.717) is 17.1 Å². The Hall–Kier alpha value is -3.68. The standard InChI is InChI=1S/C23H21N3O5S2/c1-31-22-5-3-2-4-19(22)26-33(29,30)18-10-11-21(27)20(12-18)25-23(28)15-32-14-17-8-6-16(13-24)7-9-17/h2-12,26-27H,14-15H2,1H3,(H,25,28). The van der Waals surface area contributed by atoms with Crippen LogP contribution in [0.1, 0.15) is 11.1 Å². The summed E-state index contributed by atoms with van der Waals surface area (Å²) in [5.41, 5.74) is 1.77. The van der Waals surface area contributed by atoms with E-state index in [2.05, 4.69) is 10.0 Å². The molecule has 0 aliphatic heterocycles. The molecule has 0 saturated heterocycles. The van der Waals surface area contributed by atoms with Crippen molar-refractivity contribution >= 4 is 39.1 Å². The molecule has 0 heterocycles. The summed E-state index contributed by atoms with van der Waals surface area (Å²) in [5.74, 6) is 0.360. The fourth-order valence-electron chi connectivity index (χ4n) is 2.84. The van der Waals surface area contributed by atoms with Gasteiger partial charge in [-0.15, -0.1) is 11.8 Å². The first kappa shape index (κ1) is 24.0. The van der Waals surface area contributed by atoms with Gasteiger partial charge in [-0.3, -0.25) is 9.52 Å². The van der Waals surface area contributed by atoms with Crippen molar-refractivity contribution in [1.29, 1.82) is 5.26 Å². The quantitative estimate of drug-likeness (QED) is 0.393. The predicted octanol–water partition coefficient (Wildman–Crippen LogP) is 3.95. The highest BCUT2D eigenvalue weighted by atomic mass is 32.2. The lowest BCUT2D eigenvalue weighted by Gasteiger charge is -2.13. The van der Waals surface area contributed by atoms with Crippen LogP contribution in [-0.2, 0) is 20.6 Å². The molecule has 1 amide bonds. The summed E-state index contributed by atoms with van der Waals surface area (Å²) in [6.07, 6.45) is 0. The molecule has 0 spiro atoms. The summed E-state index contributed by atoms with van der Waals surface area (Å²) < 4.78 is 33.2. The highest BCUT2D eigenvalue weighted by molar-refractivity contribution is 7.99. The topological polar surface area (TPSA) is 129 Å². The number of carbonyl (C=O) groups is 1. The van der Waals surface area contributed by atoms with Gasteiger partial charge < -0.3 is 15.2 Å². The maximum absolute atomic E-state index is 12.8. The van der Waals surface area contributed by atoms with Gasteiger partial charge in [0.1, 0.15) is 11.5 Å². The van der Waals surface area contributed by atoms with Crippen molar-refractivity contribution < 1.29 is 23.1 Å². The zero-order valence-electron chi connectivity index (χ0n) is 17.6. The number of benzene rings is 3. The number of nitrogens with one attached hydrogen (secondary N) is 2. The Kier molecular flexibility index (Phi) is 7.82. The molecule has 0 radical (unpaired) electrons. The number of para-hydroxylation sites is 2. The van der Waals surface area contributed by atoms with Gasteiger partial charge in [-0.25, -0.2) is 8.42 Å². The van der Waals surface area contributed by atoms with E-state index in [1.807, 2.05) is 18.2 Å². The fraction of sp³-hybridized carbons (Fsp3) is 0.130. The zero-order valence-corrected chi connectivity index (χ0v) is 19.2. The number of thioether (sulfide) groups is 1. The first-order valence-corrected chi connectivity index (χ1v) is 12.3. The molecule has 0 aromatic heterocycles. The number of nitriles is 1. The number of anilines is 2. The molecule has 3 aromatic carbocycles. The number of amides is 1. The molecule has 33 heavy (non-hydrogen) atoms. The molecule has 10 heteroatoms. The maximum Gasteiger partial charge on any atom is 0.262 e. The molecule has 170 valence electrons. The van der Waals surface area contributed by atoms with Crippen LogP contribution in [0.15, 0.2) is 71.6 Å². The van der Waals surface area contributed by atoms with Crippen LogP contribution >= 0.6 is 11.8 Å². The summed E-state index contributed by atoms with van der Waals surface area (Å²) in [4.78, 5) is 12.2. The molecular formula is C23H21N3O5S2. The van der Waals surface area contributed by atoms with Gasteiger partial charge in [-0.05, 0) is 48.0 Å². The smallest absolute Gasteiger partial charge is 0.262 e. The SMILES string of the molecule is COc1ccccc1NS(=O)(=O)c1ccc(O)c(NC(=O)CSCc2ccc(C#N)cc2)c1. The molecule has 0 fully saturated rings. The van der Waals surface area contributed by atoms with Gasteiger partial charge in [0.2, 0.25) is 5.91 Å². The number of phenolic OH excluding ortho intramolecular Hbond substituents is 1. The molecule has 3 aromatic rings. The fourth-order valence-corrected chi connectivity index (χ4v) is 4.72. The van der Waals surface area contributed by atoms with Gasteiger partial charge >= 0.3 is 0 Å². The first-order valence-electron chi connectivity index (χ1n) is 9.68. The number of carbonyl (C=O) groups excluding carboxylic acids is 1. The van der Waals surface area contributed by atoms with Crippen LogP contribution < -0.4 is 14.8 Å². The third-order valence-electron chi connectivity index (χ3n) is 4.49. The molecule has 0 atom stereocenters. The van der Waals surface area contributed by atoms with E-state index in [-0.39, 0.29) is 27.8 Å². The third-order valence-corrected chi connectivity index (χ3v) is 6.86. The zero-order chi connectivity index (χ0) is 23.8. The van der Waals surface area contributed by atoms with Crippen LogP contribution in [0, 0.1) is 11.3 Å². The molecule has 8 nitrogen and oxygen atoms in total. The van der Waals surface area contributed by atoms with E-state index in [0.717, 1.165) is 5.56 Å². The lowest BCUT2D eigenvalue weighted by Crippen LogP contribution is -2.16. The number of nitrogens with zero attached hydrogens (tertiary/aromatic N) is 1. The van der Waals surface area contributed by atoms with E-state index in [1.165, 1.54) is 37.1 Å². The minimum absolute atomic E-state index is 0.0122. The average molecular weight is 484 g/mol. The highest BCUT2D eigenvalue weighted by Gasteiger charge is 2.19. The molecule has 3 rings (SSSR count). The average Bonchev–Trinajstić information content (AvgIpc) is 2.81. The van der Waals surface area contributed by atoms with Crippen molar-refractivity contribution in [2.24, 2.45) is 0 Å². The van der Waals surface area contributed by atoms with Gasteiger partial charge in [-0.1, -0.05) is 24.3 Å². The van der Waals surface area contributed by atoms with Crippen molar-refractivity contribution in [2.45, 2.75) is 10.6 Å². The minimum Gasteiger partial charge on any atom is -0.506 e. The molecule has 0 aliphatic rings. The van der Waals surface area contributed by atoms with E-state index in [4.69, 9.17) is 10.00 Å². The van der Waals surface area contributed by atoms with Crippen LogP contribution in [-0.4, -0.2) is 32.3 Å². The molecule has 0 aliphatic carbocycles. The van der Waals surface area contributed by atoms with Gasteiger partial charge in [0, 0.05) is 5.75 Å². The van der Waals surface area contributed by atoms with Gasteiger partial charge in [0.05, 0.1) is 40.8 Å². The maximum atomic E-state index is 12.8. The summed E-state index contributed by atoms with van der Waals surface area (Å²) in [6.45, 7) is 0. The number of hydrogen-bond donors (Lipinski definition) is 3. The Labute approximate surface area is 196 Å². The number of rotatable bonds is 9. The third kappa shape index (κ3) is 6.41. The van der Waals surface area contributed by atoms with Gasteiger partial charge in [0.25, 0.3) is 10.0 Å². The lowest BCUT2D eigenvalue weighted by atomic mass is 10.2. The van der Waals surface area contributed by atoms with E-state index in [1.54, 1.807) is 36.4 Å². The van der Waals surface area contributed by atoms with Crippen LogP contribution in [0.5, 0.6) is 11.5 Å². The number of phenols is 1. The summed E-state index contributed by atoms with van der Waals surface area (Å²) in [6, 6.07) is 19.3. The van der Waals surface area contributed by atoms with Crippen LogP contribution in [0.2, 0.25) is 0 Å². The van der Waals surface area contributed by atoms with Crippen molar-refractivity contribution in [3.8, 4) is 17.6 Å². The second kappa shape index (κ2) is 10.8. The molecular weight excluding hydrogens is 462 g/mol. The predicted molar refractivity (Wildman–Crippen MR) is 128 cm³/mol. The monoisotopic (exact) mass is 483 g/mol. The number of hydrogen-bond acceptors (Lipinski definition) is 7. The van der Waals surface area contributed by atoms with Crippen molar-refractivity contribution in [3.63, 3.8) is 0 Å². The minimum atomic E-state index is -4.00. The Morgan fingerprint density at radius 2 is 1.82 bits per heavy atom. The lowest BCUT2D eigenvalue weighted by molar-refractivity contribution is -0.113. The van der Waals surface area contributed by atoms with Gasteiger partial charge in [0.15, 0.2) is 0 Å². The van der Waals surface area contributed by atoms with Crippen molar-refractivity contribution in [1.82, 2.24) is 0 Å². The Balaban J connectivity index is 1.65. The second-order valence-corrected chi connectivity index (χ2v) is 9.50. The normalized spacial score (nSPS) is 10.8. The largest absolute Gasteiger partial charge is 0.506 e. The van der Waals surface area contributed by atoms with Crippen molar-refractivity contribution in [2.75, 3.05) is 22.9 Å². The summed E-state index contributed by atoms with van der Waals surface area (Å²) in [5, 5.41) is 21.5. The Bertz CT molecular complexity index is 1290. The molecule has 3 N–H and O–H groups in total. The Morgan fingerprint density at radius 3 is 2.52 bits per heavy atom. The summed E-state index contributed by atoms with van der Waals surface area (Å²) >= 11 is 1.35. The molecule has 0 saturated carbocycles. The van der Waals surface area contributed by atoms with Crippen molar-refractivity contribution in [3.05, 3.63) is 77.9 Å². The van der Waals surface area contributed by atoms with Crippen LogP contribution in [0.4, 0.5) is 11.4 Å². The number of ether oxygens (including phenoxy) is 1. The molecule has 0 bridgehead atoms. The Morgan fingerprint density at radius 1 is 1.09 bits per heavy atom. The van der Waals surface area contributed by atoms with Gasteiger partial charge in [-0.2, -0.15) is 5.26 Å². The van der Waals surface area contributed by atoms with E-state index in [9.17, 15) is 18.3 Å². The van der Waals surface area contributed by atoms with Crippen LogP contribution in [0.25, 0.3) is 0 Å². The number of aromatic hydroxyl groups is 1. The van der Waals surface area contributed by atoms with E-state index < -0.39 is 15.9 Å². The van der Waals surface area contributed by atoms with Crippen LogP contribution in [0.3, 0.4) is 0 Å². The number of sulfonamides is 1. The first-order chi connectivity index (χ1) is 15.8. The van der Waals surface area contributed by atoms with E-state index >= 15 is 0 Å². The molecule has 0 unspecified atom stereocenters. The number of methoxy groups -OCH3 is 1. The summed E-state index contributed by atoms with van der Waals surface area (Å²) in [7, 11) is -2.57. The highest BCUT2D eigenvalue weighted by Crippen LogP contribution is 2.30. The second-order valence-electron chi connectivity index (χ2n) is 6.83.